The highest BCUT2D eigenvalue weighted by Crippen LogP contribution is 2.33. The first-order valence-corrected chi connectivity index (χ1v) is 6.32. The summed E-state index contributed by atoms with van der Waals surface area (Å²) in [5.74, 6) is -3.04. The van der Waals surface area contributed by atoms with E-state index in [0.29, 0.717) is 14.8 Å². The summed E-state index contributed by atoms with van der Waals surface area (Å²) >= 11 is 6.81. The maximum Gasteiger partial charge on any atom is 0.336 e. The van der Waals surface area contributed by atoms with Gasteiger partial charge in [-0.15, -0.1) is 0 Å². The maximum atomic E-state index is 13.1. The molecule has 0 aliphatic heterocycles. The Morgan fingerprint density at radius 2 is 1.84 bits per heavy atom. The number of hydrogen-bond acceptors (Lipinski definition) is 2. The zero-order chi connectivity index (χ0) is 14.0. The molecule has 19 heavy (non-hydrogen) atoms. The molecule has 0 bridgehead atoms. The van der Waals surface area contributed by atoms with E-state index in [-0.39, 0.29) is 5.56 Å². The summed E-state index contributed by atoms with van der Waals surface area (Å²) in [6.45, 7) is 0. The van der Waals surface area contributed by atoms with Crippen LogP contribution in [0.25, 0.3) is 0 Å². The standard InChI is InChI=1S/C13H7ClF2O2S/c14-7-1-3-9(13(17)18)12(5-7)19-8-2-4-10(15)11(16)6-8/h1-6H,(H,17,18). The van der Waals surface area contributed by atoms with E-state index in [4.69, 9.17) is 16.7 Å². The van der Waals surface area contributed by atoms with E-state index < -0.39 is 17.6 Å². The summed E-state index contributed by atoms with van der Waals surface area (Å²) in [6.07, 6.45) is 0. The Labute approximate surface area is 117 Å². The highest BCUT2D eigenvalue weighted by atomic mass is 35.5. The molecule has 0 radical (unpaired) electrons. The SMILES string of the molecule is O=C(O)c1ccc(Cl)cc1Sc1ccc(F)c(F)c1. The van der Waals surface area contributed by atoms with Crippen molar-refractivity contribution in [2.45, 2.75) is 9.79 Å². The molecule has 2 aromatic rings. The average Bonchev–Trinajstić information content (AvgIpc) is 2.33. The molecule has 0 aliphatic carbocycles. The van der Waals surface area contributed by atoms with Crippen LogP contribution in [-0.2, 0) is 0 Å². The van der Waals surface area contributed by atoms with Gasteiger partial charge >= 0.3 is 5.97 Å². The van der Waals surface area contributed by atoms with E-state index in [1.165, 1.54) is 24.3 Å². The first kappa shape index (κ1) is 13.8. The smallest absolute Gasteiger partial charge is 0.336 e. The highest BCUT2D eigenvalue weighted by molar-refractivity contribution is 7.99. The molecule has 0 saturated heterocycles. The van der Waals surface area contributed by atoms with Gasteiger partial charge in [0, 0.05) is 14.8 Å². The van der Waals surface area contributed by atoms with Gasteiger partial charge in [-0.05, 0) is 36.4 Å². The minimum atomic E-state index is -1.11. The van der Waals surface area contributed by atoms with Gasteiger partial charge in [0.05, 0.1) is 5.56 Å². The first-order chi connectivity index (χ1) is 8.97. The number of halogens is 3. The van der Waals surface area contributed by atoms with Crippen molar-refractivity contribution in [3.8, 4) is 0 Å². The molecule has 1 N–H and O–H groups in total. The lowest BCUT2D eigenvalue weighted by Crippen LogP contribution is -1.98. The van der Waals surface area contributed by atoms with Gasteiger partial charge in [-0.1, -0.05) is 23.4 Å². The molecule has 0 aliphatic rings. The van der Waals surface area contributed by atoms with Gasteiger partial charge in [0.25, 0.3) is 0 Å². The van der Waals surface area contributed by atoms with Crippen LogP contribution in [0.5, 0.6) is 0 Å². The van der Waals surface area contributed by atoms with Gasteiger partial charge in [-0.3, -0.25) is 0 Å². The molecule has 0 spiro atoms. The fourth-order valence-electron chi connectivity index (χ4n) is 1.42. The molecular weight excluding hydrogens is 294 g/mol. The molecule has 2 aromatic carbocycles. The van der Waals surface area contributed by atoms with Crippen LogP contribution in [0.4, 0.5) is 8.78 Å². The van der Waals surface area contributed by atoms with Crippen LogP contribution in [0, 0.1) is 11.6 Å². The van der Waals surface area contributed by atoms with Crippen molar-refractivity contribution in [2.24, 2.45) is 0 Å². The number of carbonyl (C=O) groups is 1. The second-order valence-electron chi connectivity index (χ2n) is 3.62. The Morgan fingerprint density at radius 3 is 2.47 bits per heavy atom. The van der Waals surface area contributed by atoms with Crippen molar-refractivity contribution in [3.63, 3.8) is 0 Å². The number of hydrogen-bond donors (Lipinski definition) is 1. The summed E-state index contributed by atoms with van der Waals surface area (Å²) in [5, 5.41) is 9.41. The van der Waals surface area contributed by atoms with E-state index in [0.717, 1.165) is 23.9 Å². The number of benzene rings is 2. The van der Waals surface area contributed by atoms with Crippen molar-refractivity contribution >= 4 is 29.3 Å². The molecule has 0 aromatic heterocycles. The lowest BCUT2D eigenvalue weighted by atomic mass is 10.2. The monoisotopic (exact) mass is 300 g/mol. The predicted octanol–water partition coefficient (Wildman–Crippen LogP) is 4.47. The van der Waals surface area contributed by atoms with Gasteiger partial charge in [-0.2, -0.15) is 0 Å². The van der Waals surface area contributed by atoms with Crippen LogP contribution in [0.1, 0.15) is 10.4 Å². The van der Waals surface area contributed by atoms with Gasteiger partial charge in [0.1, 0.15) is 0 Å². The minimum Gasteiger partial charge on any atom is -0.478 e. The van der Waals surface area contributed by atoms with Crippen molar-refractivity contribution < 1.29 is 18.7 Å². The predicted molar refractivity (Wildman–Crippen MR) is 68.9 cm³/mol. The number of carboxylic acids is 1. The fraction of sp³-hybridized carbons (Fsp3) is 0. The van der Waals surface area contributed by atoms with Crippen LogP contribution in [-0.4, -0.2) is 11.1 Å². The molecule has 2 rings (SSSR count). The van der Waals surface area contributed by atoms with E-state index in [2.05, 4.69) is 0 Å². The molecule has 0 saturated carbocycles. The lowest BCUT2D eigenvalue weighted by Gasteiger charge is -2.06. The number of aromatic carboxylic acids is 1. The number of carboxylic acid groups (broad SMARTS) is 1. The van der Waals surface area contributed by atoms with E-state index in [1.807, 2.05) is 0 Å². The van der Waals surface area contributed by atoms with Crippen LogP contribution < -0.4 is 0 Å². The van der Waals surface area contributed by atoms with Crippen LogP contribution in [0.15, 0.2) is 46.2 Å². The zero-order valence-corrected chi connectivity index (χ0v) is 10.9. The quantitative estimate of drug-likeness (QED) is 0.909. The molecule has 2 nitrogen and oxygen atoms in total. The Hall–Kier alpha value is -1.59. The van der Waals surface area contributed by atoms with E-state index >= 15 is 0 Å². The maximum absolute atomic E-state index is 13.1. The normalized spacial score (nSPS) is 10.5. The van der Waals surface area contributed by atoms with Crippen LogP contribution in [0.3, 0.4) is 0 Å². The molecule has 0 atom stereocenters. The largest absolute Gasteiger partial charge is 0.478 e. The summed E-state index contributed by atoms with van der Waals surface area (Å²) in [6, 6.07) is 7.66. The van der Waals surface area contributed by atoms with Gasteiger partial charge < -0.3 is 5.11 Å². The fourth-order valence-corrected chi connectivity index (χ4v) is 2.67. The molecular formula is C13H7ClF2O2S. The summed E-state index contributed by atoms with van der Waals surface area (Å²) in [5.41, 5.74) is 0.0548. The summed E-state index contributed by atoms with van der Waals surface area (Å²) in [7, 11) is 0. The third kappa shape index (κ3) is 3.24. The highest BCUT2D eigenvalue weighted by Gasteiger charge is 2.12. The Kier molecular flexibility index (Phi) is 4.07. The summed E-state index contributed by atoms with van der Waals surface area (Å²) in [4.78, 5) is 11.8. The Morgan fingerprint density at radius 1 is 1.11 bits per heavy atom. The molecule has 0 unspecified atom stereocenters. The third-order valence-corrected chi connectivity index (χ3v) is 3.58. The zero-order valence-electron chi connectivity index (χ0n) is 9.36. The number of rotatable bonds is 3. The van der Waals surface area contributed by atoms with Crippen LogP contribution >= 0.6 is 23.4 Å². The van der Waals surface area contributed by atoms with E-state index in [1.54, 1.807) is 0 Å². The Bertz CT molecular complexity index is 647. The van der Waals surface area contributed by atoms with Crippen molar-refractivity contribution in [3.05, 3.63) is 58.6 Å². The van der Waals surface area contributed by atoms with Crippen LogP contribution in [0.2, 0.25) is 5.02 Å². The topological polar surface area (TPSA) is 37.3 Å². The van der Waals surface area contributed by atoms with Gasteiger partial charge in [-0.25, -0.2) is 13.6 Å². The second-order valence-corrected chi connectivity index (χ2v) is 5.18. The Balaban J connectivity index is 2.39. The van der Waals surface area contributed by atoms with Crippen molar-refractivity contribution in [2.75, 3.05) is 0 Å². The van der Waals surface area contributed by atoms with Crippen molar-refractivity contribution in [1.82, 2.24) is 0 Å². The minimum absolute atomic E-state index is 0.0548. The third-order valence-electron chi connectivity index (χ3n) is 2.29. The summed E-state index contributed by atoms with van der Waals surface area (Å²) < 4.78 is 25.9. The molecule has 0 fully saturated rings. The molecule has 98 valence electrons. The van der Waals surface area contributed by atoms with E-state index in [9.17, 15) is 13.6 Å². The van der Waals surface area contributed by atoms with Crippen molar-refractivity contribution in [1.29, 1.82) is 0 Å². The van der Waals surface area contributed by atoms with Gasteiger partial charge in [0.2, 0.25) is 0 Å². The average molecular weight is 301 g/mol. The second kappa shape index (κ2) is 5.59. The molecule has 0 heterocycles. The first-order valence-electron chi connectivity index (χ1n) is 5.13. The molecule has 0 amide bonds. The van der Waals surface area contributed by atoms with Gasteiger partial charge in [0.15, 0.2) is 11.6 Å². The molecule has 6 heteroatoms. The lowest BCUT2D eigenvalue weighted by molar-refractivity contribution is 0.0693.